The van der Waals surface area contributed by atoms with E-state index in [0.717, 1.165) is 12.1 Å². The molecule has 1 aromatic heterocycles. The molecule has 1 rings (SSSR count). The van der Waals surface area contributed by atoms with Gasteiger partial charge in [-0.1, -0.05) is 6.92 Å². The van der Waals surface area contributed by atoms with Crippen molar-refractivity contribution in [2.75, 3.05) is 7.11 Å². The van der Waals surface area contributed by atoms with Gasteiger partial charge in [0.15, 0.2) is 0 Å². The first-order valence-corrected chi connectivity index (χ1v) is 3.68. The lowest BCUT2D eigenvalue weighted by Crippen LogP contribution is -2.08. The molecule has 0 aliphatic heterocycles. The highest BCUT2D eigenvalue weighted by atomic mass is 16.5. The van der Waals surface area contributed by atoms with Gasteiger partial charge in [-0.15, -0.1) is 0 Å². The first-order chi connectivity index (χ1) is 5.77. The predicted molar refractivity (Wildman–Crippen MR) is 42.7 cm³/mol. The van der Waals surface area contributed by atoms with Gasteiger partial charge >= 0.3 is 5.97 Å². The molecule has 0 atom stereocenters. The minimum absolute atomic E-state index is 0.122. The lowest BCUT2D eigenvalue weighted by atomic mass is 10.3. The molecule has 64 valence electrons. The Morgan fingerprint density at radius 1 is 1.67 bits per heavy atom. The summed E-state index contributed by atoms with van der Waals surface area (Å²) in [7, 11) is 1.31. The van der Waals surface area contributed by atoms with E-state index in [2.05, 4.69) is 14.7 Å². The fourth-order valence-corrected chi connectivity index (χ4v) is 0.783. The summed E-state index contributed by atoms with van der Waals surface area (Å²) < 4.78 is 4.47. The van der Waals surface area contributed by atoms with E-state index in [4.69, 9.17) is 0 Å². The van der Waals surface area contributed by atoms with Crippen molar-refractivity contribution in [2.24, 2.45) is 0 Å². The van der Waals surface area contributed by atoms with Crippen LogP contribution in [0.2, 0.25) is 0 Å². The monoisotopic (exact) mass is 166 g/mol. The molecule has 0 saturated carbocycles. The Balaban J connectivity index is 2.93. The number of aryl methyl sites for hydroxylation is 1. The van der Waals surface area contributed by atoms with Gasteiger partial charge in [-0.25, -0.2) is 14.8 Å². The number of nitrogens with zero attached hydrogens (tertiary/aromatic N) is 2. The van der Waals surface area contributed by atoms with Crippen LogP contribution in [0.3, 0.4) is 0 Å². The third kappa shape index (κ3) is 1.78. The standard InChI is InChI=1S/C8H10N2O2/c1-3-6-4-5-9-7(10-6)8(11)12-2/h4-5H,3H2,1-2H3. The maximum absolute atomic E-state index is 10.9. The zero-order valence-electron chi connectivity index (χ0n) is 7.07. The maximum atomic E-state index is 10.9. The number of hydrogen-bond donors (Lipinski definition) is 0. The molecule has 0 fully saturated rings. The minimum atomic E-state index is -0.495. The second-order valence-electron chi connectivity index (χ2n) is 2.22. The van der Waals surface area contributed by atoms with E-state index in [1.54, 1.807) is 12.3 Å². The topological polar surface area (TPSA) is 52.1 Å². The van der Waals surface area contributed by atoms with Crippen LogP contribution in [-0.4, -0.2) is 23.0 Å². The molecule has 0 aromatic carbocycles. The van der Waals surface area contributed by atoms with Crippen LogP contribution in [0.1, 0.15) is 23.2 Å². The average molecular weight is 166 g/mol. The number of ether oxygens (including phenoxy) is 1. The van der Waals surface area contributed by atoms with Gasteiger partial charge in [0.2, 0.25) is 5.82 Å². The number of esters is 1. The third-order valence-corrected chi connectivity index (χ3v) is 1.44. The molecule has 0 aliphatic carbocycles. The summed E-state index contributed by atoms with van der Waals surface area (Å²) in [5, 5.41) is 0. The Bertz CT molecular complexity index is 286. The molecular formula is C8H10N2O2. The molecule has 1 aromatic rings. The van der Waals surface area contributed by atoms with E-state index in [1.807, 2.05) is 6.92 Å². The van der Waals surface area contributed by atoms with Gasteiger partial charge in [-0.3, -0.25) is 0 Å². The van der Waals surface area contributed by atoms with Crippen molar-refractivity contribution in [2.45, 2.75) is 13.3 Å². The molecular weight excluding hydrogens is 156 g/mol. The molecule has 12 heavy (non-hydrogen) atoms. The predicted octanol–water partition coefficient (Wildman–Crippen LogP) is 0.826. The van der Waals surface area contributed by atoms with Crippen molar-refractivity contribution < 1.29 is 9.53 Å². The molecule has 0 spiro atoms. The zero-order valence-corrected chi connectivity index (χ0v) is 7.07. The van der Waals surface area contributed by atoms with Crippen LogP contribution >= 0.6 is 0 Å². The molecule has 0 bridgehead atoms. The Morgan fingerprint density at radius 3 is 3.00 bits per heavy atom. The Morgan fingerprint density at radius 2 is 2.42 bits per heavy atom. The summed E-state index contributed by atoms with van der Waals surface area (Å²) in [4.78, 5) is 18.7. The van der Waals surface area contributed by atoms with Crippen LogP contribution in [0.4, 0.5) is 0 Å². The second-order valence-corrected chi connectivity index (χ2v) is 2.22. The first kappa shape index (κ1) is 8.64. The van der Waals surface area contributed by atoms with Crippen molar-refractivity contribution in [1.82, 2.24) is 9.97 Å². The molecule has 1 heterocycles. The van der Waals surface area contributed by atoms with Crippen molar-refractivity contribution in [3.05, 3.63) is 23.8 Å². The van der Waals surface area contributed by atoms with Crippen LogP contribution in [0.25, 0.3) is 0 Å². The van der Waals surface area contributed by atoms with Crippen LogP contribution in [0.5, 0.6) is 0 Å². The van der Waals surface area contributed by atoms with E-state index in [1.165, 1.54) is 7.11 Å². The van der Waals surface area contributed by atoms with Crippen molar-refractivity contribution in [3.8, 4) is 0 Å². The molecule has 0 N–H and O–H groups in total. The van der Waals surface area contributed by atoms with Gasteiger partial charge in [0.25, 0.3) is 0 Å². The molecule has 4 nitrogen and oxygen atoms in total. The SMILES string of the molecule is CCc1ccnc(C(=O)OC)n1. The number of carbonyl (C=O) groups excluding carboxylic acids is 1. The van der Waals surface area contributed by atoms with Crippen molar-refractivity contribution in [1.29, 1.82) is 0 Å². The Kier molecular flexibility index (Phi) is 2.74. The van der Waals surface area contributed by atoms with Crippen LogP contribution < -0.4 is 0 Å². The number of carbonyl (C=O) groups is 1. The van der Waals surface area contributed by atoms with Gasteiger partial charge in [0.1, 0.15) is 0 Å². The van der Waals surface area contributed by atoms with Crippen molar-refractivity contribution in [3.63, 3.8) is 0 Å². The van der Waals surface area contributed by atoms with Crippen LogP contribution in [0, 0.1) is 0 Å². The van der Waals surface area contributed by atoms with Gasteiger partial charge in [-0.05, 0) is 12.5 Å². The van der Waals surface area contributed by atoms with Gasteiger partial charge in [0.05, 0.1) is 7.11 Å². The van der Waals surface area contributed by atoms with E-state index < -0.39 is 5.97 Å². The van der Waals surface area contributed by atoms with E-state index >= 15 is 0 Å². The molecule has 0 aliphatic rings. The smallest absolute Gasteiger partial charge is 0.376 e. The van der Waals surface area contributed by atoms with E-state index in [0.29, 0.717) is 0 Å². The quantitative estimate of drug-likeness (QED) is 0.610. The summed E-state index contributed by atoms with van der Waals surface area (Å²) in [5.41, 5.74) is 0.838. The van der Waals surface area contributed by atoms with E-state index in [9.17, 15) is 4.79 Å². The number of methoxy groups -OCH3 is 1. The molecule has 0 amide bonds. The number of hydrogen-bond acceptors (Lipinski definition) is 4. The molecule has 0 unspecified atom stereocenters. The van der Waals surface area contributed by atoms with Crippen LogP contribution in [0.15, 0.2) is 12.3 Å². The van der Waals surface area contributed by atoms with Gasteiger partial charge < -0.3 is 4.74 Å². The van der Waals surface area contributed by atoms with Gasteiger partial charge in [0, 0.05) is 11.9 Å². The number of aromatic nitrogens is 2. The van der Waals surface area contributed by atoms with Gasteiger partial charge in [-0.2, -0.15) is 0 Å². The second kappa shape index (κ2) is 3.80. The summed E-state index contributed by atoms with van der Waals surface area (Å²) >= 11 is 0. The summed E-state index contributed by atoms with van der Waals surface area (Å²) in [5.74, 6) is -0.373. The third-order valence-electron chi connectivity index (χ3n) is 1.44. The minimum Gasteiger partial charge on any atom is -0.463 e. The van der Waals surface area contributed by atoms with Crippen LogP contribution in [-0.2, 0) is 11.2 Å². The fourth-order valence-electron chi connectivity index (χ4n) is 0.783. The molecule has 0 radical (unpaired) electrons. The number of rotatable bonds is 2. The highest BCUT2D eigenvalue weighted by Gasteiger charge is 2.07. The first-order valence-electron chi connectivity index (χ1n) is 3.68. The Labute approximate surface area is 70.6 Å². The average Bonchev–Trinajstić information content (AvgIpc) is 2.17. The highest BCUT2D eigenvalue weighted by molar-refractivity contribution is 5.84. The Hall–Kier alpha value is -1.45. The fraction of sp³-hybridized carbons (Fsp3) is 0.375. The molecule has 0 saturated heterocycles. The highest BCUT2D eigenvalue weighted by Crippen LogP contribution is 1.97. The molecule has 4 heteroatoms. The van der Waals surface area contributed by atoms with E-state index in [-0.39, 0.29) is 5.82 Å². The maximum Gasteiger partial charge on any atom is 0.376 e. The lowest BCUT2D eigenvalue weighted by molar-refractivity contribution is 0.0586. The summed E-state index contributed by atoms with van der Waals surface area (Å²) in [6.45, 7) is 1.96. The zero-order chi connectivity index (χ0) is 8.97. The lowest BCUT2D eigenvalue weighted by Gasteiger charge is -1.98. The summed E-state index contributed by atoms with van der Waals surface area (Å²) in [6, 6.07) is 1.77. The largest absolute Gasteiger partial charge is 0.463 e. The summed E-state index contributed by atoms with van der Waals surface area (Å²) in [6.07, 6.45) is 2.34. The van der Waals surface area contributed by atoms with Crippen molar-refractivity contribution >= 4 is 5.97 Å². The normalized spacial score (nSPS) is 9.50.